The summed E-state index contributed by atoms with van der Waals surface area (Å²) in [5, 5.41) is 0. The van der Waals surface area contributed by atoms with Crippen molar-refractivity contribution in [1.82, 2.24) is 0 Å². The Bertz CT molecular complexity index is 232. The van der Waals surface area contributed by atoms with Gasteiger partial charge >= 0.3 is 0 Å². The number of Topliss-reactive ketones (excluding diaryl/α,β-unsaturated/α-hetero) is 1. The van der Waals surface area contributed by atoms with Crippen LogP contribution in [-0.4, -0.2) is 45.4 Å². The van der Waals surface area contributed by atoms with Crippen molar-refractivity contribution in [2.45, 2.75) is 32.6 Å². The Morgan fingerprint density at radius 1 is 1.00 bits per heavy atom. The van der Waals surface area contributed by atoms with Gasteiger partial charge < -0.3 is 14.2 Å². The summed E-state index contributed by atoms with van der Waals surface area (Å²) < 4.78 is 15.6. The van der Waals surface area contributed by atoms with Crippen molar-refractivity contribution < 1.29 is 19.0 Å². The summed E-state index contributed by atoms with van der Waals surface area (Å²) in [6.07, 6.45) is 8.04. The molecule has 4 nitrogen and oxygen atoms in total. The van der Waals surface area contributed by atoms with E-state index >= 15 is 0 Å². The maximum Gasteiger partial charge on any atom is 0.132 e. The Balaban J connectivity index is 3.03. The number of carbonyl (C=O) groups is 1. The first kappa shape index (κ1) is 17.1. The van der Waals surface area contributed by atoms with Crippen molar-refractivity contribution >= 4 is 5.78 Å². The minimum atomic E-state index is 0.322. The molecule has 0 aromatic rings. The van der Waals surface area contributed by atoms with Gasteiger partial charge in [-0.2, -0.15) is 0 Å². The molecule has 0 aliphatic carbocycles. The van der Waals surface area contributed by atoms with Gasteiger partial charge in [0.2, 0.25) is 0 Å². The molecule has 0 fully saturated rings. The van der Waals surface area contributed by atoms with Crippen molar-refractivity contribution in [3.8, 4) is 12.3 Å². The van der Waals surface area contributed by atoms with E-state index in [9.17, 15) is 4.79 Å². The SMILES string of the molecule is C#CCOCCOCCOCCCC(=O)CCC. The van der Waals surface area contributed by atoms with Crippen LogP contribution in [0.2, 0.25) is 0 Å². The molecule has 0 rings (SSSR count). The summed E-state index contributed by atoms with van der Waals surface area (Å²) >= 11 is 0. The van der Waals surface area contributed by atoms with E-state index in [0.29, 0.717) is 58.3 Å². The van der Waals surface area contributed by atoms with Gasteiger partial charge in [0.1, 0.15) is 12.4 Å². The first-order valence-corrected chi connectivity index (χ1v) is 6.49. The van der Waals surface area contributed by atoms with Crippen LogP contribution in [0.3, 0.4) is 0 Å². The normalized spacial score (nSPS) is 10.2. The van der Waals surface area contributed by atoms with Gasteiger partial charge in [-0.3, -0.25) is 4.79 Å². The second-order valence-corrected chi connectivity index (χ2v) is 3.87. The standard InChI is InChI=1S/C14H24O4/c1-3-6-14(15)7-5-9-17-11-13-18-12-10-16-8-4-2/h2H,3,5-13H2,1H3. The number of rotatable bonds is 13. The Morgan fingerprint density at radius 3 is 2.22 bits per heavy atom. The predicted molar refractivity (Wildman–Crippen MR) is 70.4 cm³/mol. The Labute approximate surface area is 110 Å². The third-order valence-electron chi connectivity index (χ3n) is 2.20. The Kier molecular flexibility index (Phi) is 13.5. The Hall–Kier alpha value is -0.890. The van der Waals surface area contributed by atoms with Gasteiger partial charge in [0.15, 0.2) is 0 Å². The van der Waals surface area contributed by atoms with Crippen LogP contribution in [-0.2, 0) is 19.0 Å². The highest BCUT2D eigenvalue weighted by atomic mass is 16.5. The molecule has 0 aromatic heterocycles. The lowest BCUT2D eigenvalue weighted by molar-refractivity contribution is -0.119. The summed E-state index contributed by atoms with van der Waals surface area (Å²) in [6.45, 7) is 5.09. The molecule has 0 amide bonds. The highest BCUT2D eigenvalue weighted by Gasteiger charge is 1.99. The molecule has 0 radical (unpaired) electrons. The lowest BCUT2D eigenvalue weighted by atomic mass is 10.1. The fraction of sp³-hybridized carbons (Fsp3) is 0.786. The molecule has 0 heterocycles. The molecule has 0 bridgehead atoms. The van der Waals surface area contributed by atoms with E-state index in [-0.39, 0.29) is 0 Å². The molecular weight excluding hydrogens is 232 g/mol. The number of ketones is 1. The van der Waals surface area contributed by atoms with E-state index in [1.54, 1.807) is 0 Å². The fourth-order valence-electron chi connectivity index (χ4n) is 1.35. The quantitative estimate of drug-likeness (QED) is 0.372. The number of carbonyl (C=O) groups excluding carboxylic acids is 1. The van der Waals surface area contributed by atoms with Crippen molar-refractivity contribution in [2.75, 3.05) is 39.6 Å². The first-order valence-electron chi connectivity index (χ1n) is 6.49. The van der Waals surface area contributed by atoms with Crippen molar-refractivity contribution in [2.24, 2.45) is 0 Å². The summed E-state index contributed by atoms with van der Waals surface area (Å²) in [5.41, 5.74) is 0. The minimum absolute atomic E-state index is 0.322. The average molecular weight is 256 g/mol. The monoisotopic (exact) mass is 256 g/mol. The first-order chi connectivity index (χ1) is 8.81. The fourth-order valence-corrected chi connectivity index (χ4v) is 1.35. The van der Waals surface area contributed by atoms with Gasteiger partial charge in [0.05, 0.1) is 26.4 Å². The average Bonchev–Trinajstić information content (AvgIpc) is 2.36. The molecule has 0 atom stereocenters. The molecule has 0 N–H and O–H groups in total. The number of ether oxygens (including phenoxy) is 3. The highest BCUT2D eigenvalue weighted by Crippen LogP contribution is 1.98. The second kappa shape index (κ2) is 14.2. The van der Waals surface area contributed by atoms with Crippen LogP contribution in [0.5, 0.6) is 0 Å². The molecule has 0 saturated carbocycles. The second-order valence-electron chi connectivity index (χ2n) is 3.87. The maximum atomic E-state index is 11.2. The molecule has 0 unspecified atom stereocenters. The maximum absolute atomic E-state index is 11.2. The van der Waals surface area contributed by atoms with Gasteiger partial charge in [-0.1, -0.05) is 12.8 Å². The molecule has 0 spiro atoms. The van der Waals surface area contributed by atoms with Crippen LogP contribution < -0.4 is 0 Å². The van der Waals surface area contributed by atoms with E-state index < -0.39 is 0 Å². The summed E-state index contributed by atoms with van der Waals surface area (Å²) in [5.74, 6) is 2.70. The van der Waals surface area contributed by atoms with Crippen LogP contribution in [0.15, 0.2) is 0 Å². The topological polar surface area (TPSA) is 44.8 Å². The third-order valence-corrected chi connectivity index (χ3v) is 2.20. The number of terminal acetylenes is 1. The summed E-state index contributed by atoms with van der Waals surface area (Å²) in [7, 11) is 0. The predicted octanol–water partition coefficient (Wildman–Crippen LogP) is 1.82. The van der Waals surface area contributed by atoms with Crippen molar-refractivity contribution in [1.29, 1.82) is 0 Å². The summed E-state index contributed by atoms with van der Waals surface area (Å²) in [4.78, 5) is 11.2. The van der Waals surface area contributed by atoms with E-state index in [1.165, 1.54) is 0 Å². The van der Waals surface area contributed by atoms with Gasteiger partial charge in [-0.15, -0.1) is 6.42 Å². The van der Waals surface area contributed by atoms with Crippen LogP contribution in [0, 0.1) is 12.3 Å². The molecule has 104 valence electrons. The van der Waals surface area contributed by atoms with E-state index in [2.05, 4.69) is 5.92 Å². The van der Waals surface area contributed by atoms with Gasteiger partial charge in [0.25, 0.3) is 0 Å². The molecule has 0 aromatic carbocycles. The van der Waals surface area contributed by atoms with Crippen molar-refractivity contribution in [3.05, 3.63) is 0 Å². The third kappa shape index (κ3) is 13.2. The number of hydrogen-bond donors (Lipinski definition) is 0. The van der Waals surface area contributed by atoms with Crippen LogP contribution >= 0.6 is 0 Å². The van der Waals surface area contributed by atoms with Crippen LogP contribution in [0.4, 0.5) is 0 Å². The zero-order valence-electron chi connectivity index (χ0n) is 11.3. The minimum Gasteiger partial charge on any atom is -0.379 e. The number of hydrogen-bond acceptors (Lipinski definition) is 4. The summed E-state index contributed by atoms with van der Waals surface area (Å²) in [6, 6.07) is 0. The molecule has 4 heteroatoms. The van der Waals surface area contributed by atoms with E-state index in [0.717, 1.165) is 12.8 Å². The highest BCUT2D eigenvalue weighted by molar-refractivity contribution is 5.78. The van der Waals surface area contributed by atoms with Crippen LogP contribution in [0.1, 0.15) is 32.6 Å². The van der Waals surface area contributed by atoms with E-state index in [1.807, 2.05) is 6.92 Å². The van der Waals surface area contributed by atoms with Gasteiger partial charge in [-0.05, 0) is 12.8 Å². The smallest absolute Gasteiger partial charge is 0.132 e. The molecule has 18 heavy (non-hydrogen) atoms. The van der Waals surface area contributed by atoms with Gasteiger partial charge in [0, 0.05) is 19.4 Å². The van der Waals surface area contributed by atoms with E-state index in [4.69, 9.17) is 20.6 Å². The zero-order valence-corrected chi connectivity index (χ0v) is 11.3. The van der Waals surface area contributed by atoms with Gasteiger partial charge in [-0.25, -0.2) is 0 Å². The van der Waals surface area contributed by atoms with Crippen LogP contribution in [0.25, 0.3) is 0 Å². The molecule has 0 aliphatic rings. The van der Waals surface area contributed by atoms with Crippen molar-refractivity contribution in [3.63, 3.8) is 0 Å². The molecule has 0 aliphatic heterocycles. The lowest BCUT2D eigenvalue weighted by Gasteiger charge is -2.05. The molecule has 0 saturated heterocycles. The molecular formula is C14H24O4. The Morgan fingerprint density at radius 2 is 1.61 bits per heavy atom. The largest absolute Gasteiger partial charge is 0.379 e. The lowest BCUT2D eigenvalue weighted by Crippen LogP contribution is -2.10. The zero-order chi connectivity index (χ0) is 13.5.